The second kappa shape index (κ2) is 6.52. The van der Waals surface area contributed by atoms with E-state index < -0.39 is 0 Å². The van der Waals surface area contributed by atoms with Gasteiger partial charge in [0.25, 0.3) is 0 Å². The first-order valence-electron chi connectivity index (χ1n) is 6.44. The summed E-state index contributed by atoms with van der Waals surface area (Å²) in [6.45, 7) is 0.900. The van der Waals surface area contributed by atoms with Gasteiger partial charge in [0, 0.05) is 6.04 Å². The van der Waals surface area contributed by atoms with E-state index in [0.717, 1.165) is 30.6 Å². The first-order valence-corrected chi connectivity index (χ1v) is 6.44. The molecule has 1 aromatic heterocycles. The number of nitrogens with one attached hydrogen (secondary N) is 2. The van der Waals surface area contributed by atoms with Crippen molar-refractivity contribution < 1.29 is 9.21 Å². The second-order valence-electron chi connectivity index (χ2n) is 4.53. The summed E-state index contributed by atoms with van der Waals surface area (Å²) in [6, 6.07) is 2.10. The number of likely N-dealkylation sites (N-methyl/N-ethyl adjacent to an activating group) is 1. The molecular weight excluding hydrogens is 228 g/mol. The minimum Gasteiger partial charge on any atom is -0.467 e. The third-order valence-corrected chi connectivity index (χ3v) is 3.32. The van der Waals surface area contributed by atoms with E-state index in [-0.39, 0.29) is 6.04 Å². The lowest BCUT2D eigenvalue weighted by Crippen LogP contribution is -2.27. The molecule has 1 aliphatic carbocycles. The van der Waals surface area contributed by atoms with Gasteiger partial charge in [-0.1, -0.05) is 12.2 Å². The molecule has 2 rings (SSSR count). The van der Waals surface area contributed by atoms with E-state index in [4.69, 9.17) is 4.42 Å². The van der Waals surface area contributed by atoms with Gasteiger partial charge in [-0.05, 0) is 44.5 Å². The lowest BCUT2D eigenvalue weighted by Gasteiger charge is -2.12. The maximum absolute atomic E-state index is 10.9. The molecule has 4 nitrogen and oxygen atoms in total. The first-order chi connectivity index (χ1) is 8.85. The normalized spacial score (nSPS) is 20.2. The Kier molecular flexibility index (Phi) is 4.73. The van der Waals surface area contributed by atoms with Crippen LogP contribution in [0.15, 0.2) is 28.9 Å². The summed E-state index contributed by atoms with van der Waals surface area (Å²) < 4.78 is 5.40. The highest BCUT2D eigenvalue weighted by Crippen LogP contribution is 2.18. The van der Waals surface area contributed by atoms with Gasteiger partial charge in [0.1, 0.15) is 18.1 Å². The fraction of sp³-hybridized carbons (Fsp3) is 0.500. The molecule has 1 aliphatic rings. The van der Waals surface area contributed by atoms with Crippen LogP contribution in [0.25, 0.3) is 0 Å². The fourth-order valence-electron chi connectivity index (χ4n) is 2.28. The van der Waals surface area contributed by atoms with Crippen LogP contribution in [0.4, 0.5) is 0 Å². The minimum absolute atomic E-state index is 0.346. The summed E-state index contributed by atoms with van der Waals surface area (Å²) >= 11 is 0. The third-order valence-electron chi connectivity index (χ3n) is 3.32. The SMILES string of the molecule is CNC(C=O)c1occc1CCNC1C=CCC1. The number of allylic oxidation sites excluding steroid dienone is 1. The van der Waals surface area contributed by atoms with Crippen LogP contribution in [-0.4, -0.2) is 25.9 Å². The molecule has 0 radical (unpaired) electrons. The van der Waals surface area contributed by atoms with Crippen LogP contribution in [-0.2, 0) is 11.2 Å². The highest BCUT2D eigenvalue weighted by Gasteiger charge is 2.16. The zero-order valence-electron chi connectivity index (χ0n) is 10.7. The van der Waals surface area contributed by atoms with Crippen molar-refractivity contribution in [3.8, 4) is 0 Å². The van der Waals surface area contributed by atoms with Gasteiger partial charge in [-0.15, -0.1) is 0 Å². The summed E-state index contributed by atoms with van der Waals surface area (Å²) in [4.78, 5) is 10.9. The molecule has 0 fully saturated rings. The van der Waals surface area contributed by atoms with E-state index in [1.165, 1.54) is 12.8 Å². The van der Waals surface area contributed by atoms with Crippen molar-refractivity contribution in [1.82, 2.24) is 10.6 Å². The molecule has 0 saturated heterocycles. The van der Waals surface area contributed by atoms with Crippen LogP contribution in [0.3, 0.4) is 0 Å². The van der Waals surface area contributed by atoms with Gasteiger partial charge in [-0.2, -0.15) is 0 Å². The maximum Gasteiger partial charge on any atom is 0.144 e. The third kappa shape index (κ3) is 3.09. The number of hydrogen-bond donors (Lipinski definition) is 2. The molecule has 18 heavy (non-hydrogen) atoms. The molecule has 98 valence electrons. The van der Waals surface area contributed by atoms with Crippen molar-refractivity contribution in [3.05, 3.63) is 35.8 Å². The number of carbonyl (C=O) groups excluding carboxylic acids is 1. The maximum atomic E-state index is 10.9. The molecule has 0 bridgehead atoms. The van der Waals surface area contributed by atoms with Crippen LogP contribution in [0.5, 0.6) is 0 Å². The number of aldehydes is 1. The highest BCUT2D eigenvalue weighted by molar-refractivity contribution is 5.60. The molecule has 2 unspecified atom stereocenters. The molecule has 0 aliphatic heterocycles. The zero-order chi connectivity index (χ0) is 12.8. The van der Waals surface area contributed by atoms with E-state index in [1.54, 1.807) is 13.3 Å². The van der Waals surface area contributed by atoms with Gasteiger partial charge in [0.2, 0.25) is 0 Å². The van der Waals surface area contributed by atoms with Crippen molar-refractivity contribution in [3.63, 3.8) is 0 Å². The lowest BCUT2D eigenvalue weighted by atomic mass is 10.1. The van der Waals surface area contributed by atoms with Crippen molar-refractivity contribution in [2.24, 2.45) is 0 Å². The van der Waals surface area contributed by atoms with Gasteiger partial charge in [0.15, 0.2) is 0 Å². The second-order valence-corrected chi connectivity index (χ2v) is 4.53. The van der Waals surface area contributed by atoms with Crippen molar-refractivity contribution in [2.45, 2.75) is 31.3 Å². The fourth-order valence-corrected chi connectivity index (χ4v) is 2.28. The molecule has 1 aromatic rings. The predicted molar refractivity (Wildman–Crippen MR) is 70.4 cm³/mol. The van der Waals surface area contributed by atoms with E-state index in [1.807, 2.05) is 6.07 Å². The van der Waals surface area contributed by atoms with E-state index in [2.05, 4.69) is 22.8 Å². The summed E-state index contributed by atoms with van der Waals surface area (Å²) in [5.41, 5.74) is 1.09. The summed E-state index contributed by atoms with van der Waals surface area (Å²) in [7, 11) is 1.76. The Morgan fingerprint density at radius 1 is 1.61 bits per heavy atom. The Bertz CT molecular complexity index is 412. The Morgan fingerprint density at radius 3 is 3.17 bits per heavy atom. The standard InChI is InChI=1S/C14H20N2O2/c1-15-13(10-17)14-11(7-9-18-14)6-8-16-12-4-2-3-5-12/h2,4,7,9-10,12-13,15-16H,3,5-6,8H2,1H3. The summed E-state index contributed by atoms with van der Waals surface area (Å²) in [5.74, 6) is 0.733. The molecular formula is C14H20N2O2. The zero-order valence-corrected chi connectivity index (χ0v) is 10.7. The molecule has 0 spiro atoms. The summed E-state index contributed by atoms with van der Waals surface area (Å²) in [6.07, 6.45) is 10.2. The van der Waals surface area contributed by atoms with Gasteiger partial charge in [0.05, 0.1) is 6.26 Å². The number of furan rings is 1. The van der Waals surface area contributed by atoms with E-state index in [9.17, 15) is 4.79 Å². The smallest absolute Gasteiger partial charge is 0.144 e. The van der Waals surface area contributed by atoms with Crippen molar-refractivity contribution >= 4 is 6.29 Å². The molecule has 0 aromatic carbocycles. The molecule has 1 heterocycles. The monoisotopic (exact) mass is 248 g/mol. The van der Waals surface area contributed by atoms with Crippen LogP contribution in [0, 0.1) is 0 Å². The number of hydrogen-bond acceptors (Lipinski definition) is 4. The van der Waals surface area contributed by atoms with Crippen molar-refractivity contribution in [2.75, 3.05) is 13.6 Å². The molecule has 4 heteroatoms. The van der Waals surface area contributed by atoms with Gasteiger partial charge >= 0.3 is 0 Å². The van der Waals surface area contributed by atoms with Gasteiger partial charge < -0.3 is 19.8 Å². The average molecular weight is 248 g/mol. The Hall–Kier alpha value is -1.39. The first kappa shape index (κ1) is 13.1. The van der Waals surface area contributed by atoms with Gasteiger partial charge in [-0.25, -0.2) is 0 Å². The van der Waals surface area contributed by atoms with Crippen LogP contribution in [0.1, 0.15) is 30.2 Å². The molecule has 0 saturated carbocycles. The lowest BCUT2D eigenvalue weighted by molar-refractivity contribution is -0.109. The predicted octanol–water partition coefficient (Wildman–Crippen LogP) is 1.59. The molecule has 2 N–H and O–H groups in total. The van der Waals surface area contributed by atoms with Crippen LogP contribution >= 0.6 is 0 Å². The quantitative estimate of drug-likeness (QED) is 0.568. The Morgan fingerprint density at radius 2 is 2.50 bits per heavy atom. The topological polar surface area (TPSA) is 54.3 Å². The number of rotatable bonds is 7. The highest BCUT2D eigenvalue weighted by atomic mass is 16.3. The Labute approximate surface area is 107 Å². The molecule has 2 atom stereocenters. The van der Waals surface area contributed by atoms with Gasteiger partial charge in [-0.3, -0.25) is 0 Å². The average Bonchev–Trinajstić information content (AvgIpc) is 3.03. The largest absolute Gasteiger partial charge is 0.467 e. The van der Waals surface area contributed by atoms with E-state index >= 15 is 0 Å². The minimum atomic E-state index is -0.346. The van der Waals surface area contributed by atoms with Crippen LogP contribution in [0.2, 0.25) is 0 Å². The van der Waals surface area contributed by atoms with Crippen molar-refractivity contribution in [1.29, 1.82) is 0 Å². The number of carbonyl (C=O) groups is 1. The van der Waals surface area contributed by atoms with Crippen LogP contribution < -0.4 is 10.6 Å². The van der Waals surface area contributed by atoms with E-state index in [0.29, 0.717) is 6.04 Å². The summed E-state index contributed by atoms with van der Waals surface area (Å²) in [5, 5.41) is 6.42. The Balaban J connectivity index is 1.87. The molecule has 0 amide bonds.